The van der Waals surface area contributed by atoms with Crippen LogP contribution in [0.4, 0.5) is 23.7 Å². The van der Waals surface area contributed by atoms with E-state index in [1.54, 1.807) is 4.90 Å². The van der Waals surface area contributed by atoms with Gasteiger partial charge in [0.1, 0.15) is 0 Å². The van der Waals surface area contributed by atoms with Crippen molar-refractivity contribution in [3.8, 4) is 0 Å². The normalized spacial score (nSPS) is 14.1. The first-order valence-corrected chi connectivity index (χ1v) is 13.0. The van der Waals surface area contributed by atoms with Crippen molar-refractivity contribution in [2.45, 2.75) is 18.5 Å². The number of hydrogen-bond donors (Lipinski definition) is 1. The first-order chi connectivity index (χ1) is 18.3. The van der Waals surface area contributed by atoms with Crippen LogP contribution in [-0.4, -0.2) is 61.8 Å². The van der Waals surface area contributed by atoms with Crippen LogP contribution in [0.25, 0.3) is 0 Å². The zero-order valence-corrected chi connectivity index (χ0v) is 22.9. The van der Waals surface area contributed by atoms with Crippen LogP contribution in [0.15, 0.2) is 78.9 Å². The number of morpholine rings is 1. The van der Waals surface area contributed by atoms with E-state index in [2.05, 4.69) is 34.5 Å². The summed E-state index contributed by atoms with van der Waals surface area (Å²) in [6.45, 7) is 4.33. The molecule has 1 aliphatic rings. The molecule has 1 saturated heterocycles. The molecule has 3 aromatic rings. The number of nitrogens with one attached hydrogen (secondary N) is 1. The Bertz CT molecular complexity index is 1140. The molecule has 0 unspecified atom stereocenters. The second-order valence-electron chi connectivity index (χ2n) is 9.23. The number of anilines is 1. The number of halogens is 5. The summed E-state index contributed by atoms with van der Waals surface area (Å²) in [5, 5.41) is 2.25. The Hall–Kier alpha value is -2.78. The van der Waals surface area contributed by atoms with Gasteiger partial charge in [-0.15, -0.1) is 12.4 Å². The molecule has 0 spiro atoms. The lowest BCUT2D eigenvalue weighted by Gasteiger charge is -2.31. The van der Waals surface area contributed by atoms with Gasteiger partial charge in [0, 0.05) is 44.3 Å². The minimum Gasteiger partial charge on any atom is -0.379 e. The van der Waals surface area contributed by atoms with Crippen molar-refractivity contribution >= 4 is 35.7 Å². The van der Waals surface area contributed by atoms with E-state index in [1.165, 1.54) is 6.07 Å². The van der Waals surface area contributed by atoms with Crippen molar-refractivity contribution in [1.29, 1.82) is 0 Å². The maximum absolute atomic E-state index is 13.4. The lowest BCUT2D eigenvalue weighted by atomic mass is 9.88. The van der Waals surface area contributed by atoms with Crippen molar-refractivity contribution in [2.24, 2.45) is 0 Å². The van der Waals surface area contributed by atoms with Crippen molar-refractivity contribution in [1.82, 2.24) is 9.80 Å². The average Bonchev–Trinajstić information content (AvgIpc) is 2.92. The molecule has 1 aliphatic heterocycles. The summed E-state index contributed by atoms with van der Waals surface area (Å²) in [7, 11) is 0. The van der Waals surface area contributed by atoms with Gasteiger partial charge in [0.2, 0.25) is 0 Å². The fourth-order valence-electron chi connectivity index (χ4n) is 4.61. The van der Waals surface area contributed by atoms with E-state index in [-0.39, 0.29) is 24.0 Å². The molecule has 2 amide bonds. The zero-order chi connectivity index (χ0) is 27.0. The Morgan fingerprint density at radius 3 is 2.10 bits per heavy atom. The average molecular weight is 582 g/mol. The van der Waals surface area contributed by atoms with Crippen molar-refractivity contribution < 1.29 is 22.7 Å². The predicted octanol–water partition coefficient (Wildman–Crippen LogP) is 7.17. The minimum atomic E-state index is -4.62. The third-order valence-corrected chi connectivity index (χ3v) is 7.02. The van der Waals surface area contributed by atoms with Gasteiger partial charge >= 0.3 is 12.2 Å². The Morgan fingerprint density at radius 1 is 0.949 bits per heavy atom. The van der Waals surface area contributed by atoms with Gasteiger partial charge in [0.15, 0.2) is 0 Å². The smallest absolute Gasteiger partial charge is 0.379 e. The van der Waals surface area contributed by atoms with Crippen LogP contribution < -0.4 is 5.32 Å². The fourth-order valence-corrected chi connectivity index (χ4v) is 4.83. The molecule has 0 aliphatic carbocycles. The van der Waals surface area contributed by atoms with Crippen molar-refractivity contribution in [2.75, 3.05) is 51.3 Å². The zero-order valence-electron chi connectivity index (χ0n) is 21.4. The molecule has 3 aromatic carbocycles. The summed E-state index contributed by atoms with van der Waals surface area (Å²) in [6, 6.07) is 23.1. The number of hydrogen-bond acceptors (Lipinski definition) is 3. The number of carbonyl (C=O) groups is 1. The molecule has 0 bridgehead atoms. The first kappa shape index (κ1) is 30.8. The molecule has 1 heterocycles. The maximum Gasteiger partial charge on any atom is 0.417 e. The Morgan fingerprint density at radius 2 is 1.54 bits per heavy atom. The summed E-state index contributed by atoms with van der Waals surface area (Å²) < 4.78 is 45.5. The van der Waals surface area contributed by atoms with Crippen LogP contribution in [0.2, 0.25) is 5.02 Å². The van der Waals surface area contributed by atoms with E-state index < -0.39 is 22.8 Å². The van der Waals surface area contributed by atoms with Crippen molar-refractivity contribution in [3.05, 3.63) is 101 Å². The van der Waals surface area contributed by atoms with E-state index in [1.807, 2.05) is 36.4 Å². The molecule has 0 radical (unpaired) electrons. The van der Waals surface area contributed by atoms with Gasteiger partial charge in [-0.05, 0) is 35.7 Å². The number of amides is 2. The summed E-state index contributed by atoms with van der Waals surface area (Å²) >= 11 is 5.76. The molecule has 4 rings (SSSR count). The molecule has 210 valence electrons. The van der Waals surface area contributed by atoms with Crippen LogP contribution in [0.3, 0.4) is 0 Å². The summed E-state index contributed by atoms with van der Waals surface area (Å²) in [4.78, 5) is 17.3. The van der Waals surface area contributed by atoms with Gasteiger partial charge in [0.05, 0.1) is 23.8 Å². The molecule has 1 N–H and O–H groups in total. The third-order valence-electron chi connectivity index (χ3n) is 6.69. The number of nitrogens with zero attached hydrogens (tertiary/aromatic N) is 2. The van der Waals surface area contributed by atoms with Gasteiger partial charge in [0.25, 0.3) is 0 Å². The number of rotatable bonds is 9. The van der Waals surface area contributed by atoms with Crippen LogP contribution in [0, 0.1) is 0 Å². The predicted molar refractivity (Wildman–Crippen MR) is 151 cm³/mol. The summed E-state index contributed by atoms with van der Waals surface area (Å²) in [5.74, 6) is 0.0588. The standard InChI is InChI=1S/C29H31ClF3N3O2.ClH/c30-27-12-11-24(21-26(27)29(31,32)33)34-28(37)36(16-15-35-17-19-38-20-18-35)14-13-25(22-7-3-1-4-8-22)23-9-5-2-6-10-23;/h1-12,21,25H,13-20H2,(H,34,37);1H. The lowest BCUT2D eigenvalue weighted by Crippen LogP contribution is -2.44. The van der Waals surface area contributed by atoms with Gasteiger partial charge < -0.3 is 15.0 Å². The molecule has 39 heavy (non-hydrogen) atoms. The highest BCUT2D eigenvalue weighted by molar-refractivity contribution is 6.31. The van der Waals surface area contributed by atoms with Crippen LogP contribution in [-0.2, 0) is 10.9 Å². The second-order valence-corrected chi connectivity index (χ2v) is 9.63. The third kappa shape index (κ3) is 8.86. The molecular weight excluding hydrogens is 550 g/mol. The molecule has 0 atom stereocenters. The van der Waals surface area contributed by atoms with Crippen LogP contribution >= 0.6 is 24.0 Å². The van der Waals surface area contributed by atoms with E-state index in [0.717, 1.165) is 36.3 Å². The monoisotopic (exact) mass is 581 g/mol. The van der Waals surface area contributed by atoms with Gasteiger partial charge in [-0.2, -0.15) is 13.2 Å². The molecule has 0 saturated carbocycles. The minimum absolute atomic E-state index is 0. The summed E-state index contributed by atoms with van der Waals surface area (Å²) in [6.07, 6.45) is -3.97. The van der Waals surface area contributed by atoms with E-state index in [4.69, 9.17) is 16.3 Å². The lowest BCUT2D eigenvalue weighted by molar-refractivity contribution is -0.137. The summed E-state index contributed by atoms with van der Waals surface area (Å²) in [5.41, 5.74) is 1.34. The van der Waals surface area contributed by atoms with E-state index in [0.29, 0.717) is 39.3 Å². The van der Waals surface area contributed by atoms with E-state index in [9.17, 15) is 18.0 Å². The second kappa shape index (κ2) is 14.6. The highest BCUT2D eigenvalue weighted by Gasteiger charge is 2.33. The highest BCUT2D eigenvalue weighted by Crippen LogP contribution is 2.36. The Kier molecular flexibility index (Phi) is 11.5. The largest absolute Gasteiger partial charge is 0.417 e. The number of alkyl halides is 3. The molecular formula is C29H32Cl2F3N3O2. The van der Waals surface area contributed by atoms with Crippen molar-refractivity contribution in [3.63, 3.8) is 0 Å². The number of benzene rings is 3. The molecule has 5 nitrogen and oxygen atoms in total. The molecule has 1 fully saturated rings. The Balaban J connectivity index is 0.00000420. The van der Waals surface area contributed by atoms with Crippen LogP contribution in [0.5, 0.6) is 0 Å². The quantitative estimate of drug-likeness (QED) is 0.291. The topological polar surface area (TPSA) is 44.8 Å². The molecule has 0 aromatic heterocycles. The number of carbonyl (C=O) groups excluding carboxylic acids is 1. The number of ether oxygens (including phenoxy) is 1. The van der Waals surface area contributed by atoms with Gasteiger partial charge in [-0.3, -0.25) is 4.90 Å². The SMILES string of the molecule is Cl.O=C(Nc1ccc(Cl)c(C(F)(F)F)c1)N(CCC(c1ccccc1)c1ccccc1)CCN1CCOCC1. The highest BCUT2D eigenvalue weighted by atomic mass is 35.5. The first-order valence-electron chi connectivity index (χ1n) is 12.6. The van der Waals surface area contributed by atoms with E-state index >= 15 is 0 Å². The van der Waals surface area contributed by atoms with Gasteiger partial charge in [-0.1, -0.05) is 72.3 Å². The van der Waals surface area contributed by atoms with Crippen LogP contribution in [0.1, 0.15) is 29.0 Å². The number of urea groups is 1. The fraction of sp³-hybridized carbons (Fsp3) is 0.345. The molecule has 10 heteroatoms. The Labute approximate surface area is 238 Å². The van der Waals surface area contributed by atoms with Gasteiger partial charge in [-0.25, -0.2) is 4.79 Å². The maximum atomic E-state index is 13.4.